The molecule has 12 heteroatoms. The van der Waals surface area contributed by atoms with E-state index in [-0.39, 0.29) is 39.6 Å². The zero-order chi connectivity index (χ0) is 31.7. The van der Waals surface area contributed by atoms with Gasteiger partial charge in [0.25, 0.3) is 10.0 Å². The summed E-state index contributed by atoms with van der Waals surface area (Å²) in [5.74, 6) is -0.251. The summed E-state index contributed by atoms with van der Waals surface area (Å²) >= 11 is 6.30. The van der Waals surface area contributed by atoms with Crippen LogP contribution in [0.25, 0.3) is 0 Å². The number of carbonyl (C=O) groups is 2. The van der Waals surface area contributed by atoms with E-state index in [0.29, 0.717) is 12.3 Å². The third-order valence-corrected chi connectivity index (χ3v) is 8.81. The third kappa shape index (κ3) is 8.11. The van der Waals surface area contributed by atoms with Crippen molar-refractivity contribution in [1.82, 2.24) is 10.2 Å². The summed E-state index contributed by atoms with van der Waals surface area (Å²) in [6, 6.07) is 15.3. The van der Waals surface area contributed by atoms with E-state index < -0.39 is 28.5 Å². The number of rotatable bonds is 14. The minimum Gasteiger partial charge on any atom is -0.495 e. The first-order valence-corrected chi connectivity index (χ1v) is 15.5. The number of amides is 2. The second-order valence-corrected chi connectivity index (χ2v) is 12.1. The molecule has 0 unspecified atom stereocenters. The molecule has 0 bridgehead atoms. The number of hydrogen-bond donors (Lipinski definition) is 1. The lowest BCUT2D eigenvalue weighted by atomic mass is 10.1. The summed E-state index contributed by atoms with van der Waals surface area (Å²) in [6.45, 7) is 5.36. The highest BCUT2D eigenvalue weighted by Crippen LogP contribution is 2.37. The highest BCUT2D eigenvalue weighted by atomic mass is 35.5. The Morgan fingerprint density at radius 3 is 2.14 bits per heavy atom. The van der Waals surface area contributed by atoms with Crippen LogP contribution in [0.4, 0.5) is 5.69 Å². The van der Waals surface area contributed by atoms with E-state index in [2.05, 4.69) is 5.32 Å². The van der Waals surface area contributed by atoms with Gasteiger partial charge in [0.2, 0.25) is 11.8 Å². The summed E-state index contributed by atoms with van der Waals surface area (Å²) in [6.07, 6.45) is 0.719. The molecule has 0 radical (unpaired) electrons. The Kier molecular flexibility index (Phi) is 11.7. The molecular formula is C31H38ClN3O7S. The number of methoxy groups -OCH3 is 3. The second-order valence-electron chi connectivity index (χ2n) is 9.82. The summed E-state index contributed by atoms with van der Waals surface area (Å²) in [7, 11) is -0.198. The van der Waals surface area contributed by atoms with Crippen molar-refractivity contribution in [1.29, 1.82) is 0 Å². The Morgan fingerprint density at radius 2 is 1.53 bits per heavy atom. The molecule has 0 saturated heterocycles. The first-order chi connectivity index (χ1) is 20.5. The van der Waals surface area contributed by atoms with Gasteiger partial charge in [-0.1, -0.05) is 48.4 Å². The largest absolute Gasteiger partial charge is 0.495 e. The van der Waals surface area contributed by atoms with Gasteiger partial charge in [-0.05, 0) is 56.2 Å². The summed E-state index contributed by atoms with van der Waals surface area (Å²) in [5.41, 5.74) is 1.87. The third-order valence-electron chi connectivity index (χ3n) is 6.82. The molecule has 3 rings (SSSR count). The summed E-state index contributed by atoms with van der Waals surface area (Å²) in [4.78, 5) is 28.4. The van der Waals surface area contributed by atoms with E-state index in [0.717, 1.165) is 21.9 Å². The fourth-order valence-corrected chi connectivity index (χ4v) is 5.94. The lowest BCUT2D eigenvalue weighted by Gasteiger charge is -2.32. The number of anilines is 1. The molecule has 0 spiro atoms. The van der Waals surface area contributed by atoms with Crippen LogP contribution in [0.2, 0.25) is 5.02 Å². The molecule has 2 amide bonds. The number of carbonyl (C=O) groups excluding carboxylic acids is 2. The monoisotopic (exact) mass is 631 g/mol. The highest BCUT2D eigenvalue weighted by Gasteiger charge is 2.34. The van der Waals surface area contributed by atoms with Crippen LogP contribution in [-0.2, 0) is 26.2 Å². The first kappa shape index (κ1) is 33.5. The minimum absolute atomic E-state index is 0.0523. The van der Waals surface area contributed by atoms with E-state index in [1.807, 2.05) is 38.1 Å². The number of ether oxygens (including phenoxy) is 3. The number of sulfonamides is 1. The Morgan fingerprint density at radius 1 is 0.907 bits per heavy atom. The van der Waals surface area contributed by atoms with Crippen LogP contribution >= 0.6 is 11.6 Å². The maximum atomic E-state index is 14.3. The van der Waals surface area contributed by atoms with Crippen LogP contribution in [0.1, 0.15) is 31.4 Å². The van der Waals surface area contributed by atoms with E-state index in [1.54, 1.807) is 13.0 Å². The summed E-state index contributed by atoms with van der Waals surface area (Å²) < 4.78 is 45.5. The van der Waals surface area contributed by atoms with Gasteiger partial charge in [-0.2, -0.15) is 0 Å². The maximum Gasteiger partial charge on any atom is 0.265 e. The Labute approximate surface area is 258 Å². The smallest absolute Gasteiger partial charge is 0.265 e. The first-order valence-electron chi connectivity index (χ1n) is 13.7. The predicted octanol–water partition coefficient (Wildman–Crippen LogP) is 4.81. The SMILES string of the molecule is CCCNC(=O)[C@H](C)N(Cc1ccc(C)cc1)C(=O)CN(c1cc(Cl)ccc1OC)S(=O)(=O)c1ccc(OC)c(OC)c1. The zero-order valence-electron chi connectivity index (χ0n) is 25.2. The molecule has 0 saturated carbocycles. The van der Waals surface area contributed by atoms with E-state index >= 15 is 0 Å². The molecule has 0 fully saturated rings. The average molecular weight is 632 g/mol. The number of hydrogen-bond acceptors (Lipinski definition) is 7. The van der Waals surface area contributed by atoms with Gasteiger partial charge in [0, 0.05) is 24.2 Å². The Bertz CT molecular complexity index is 1530. The van der Waals surface area contributed by atoms with E-state index in [1.165, 1.54) is 56.6 Å². The topological polar surface area (TPSA) is 114 Å². The normalized spacial score (nSPS) is 11.8. The molecule has 43 heavy (non-hydrogen) atoms. The van der Waals surface area contributed by atoms with Crippen molar-refractivity contribution in [2.75, 3.05) is 38.7 Å². The molecule has 0 aliphatic carbocycles. The molecule has 232 valence electrons. The van der Waals surface area contributed by atoms with Crippen molar-refractivity contribution in [2.45, 2.75) is 44.7 Å². The van der Waals surface area contributed by atoms with Crippen LogP contribution in [0.3, 0.4) is 0 Å². The lowest BCUT2D eigenvalue weighted by molar-refractivity contribution is -0.139. The molecular weight excluding hydrogens is 594 g/mol. The average Bonchev–Trinajstić information content (AvgIpc) is 3.01. The molecule has 0 aliphatic heterocycles. The molecule has 1 atom stereocenters. The van der Waals surface area contributed by atoms with Crippen molar-refractivity contribution in [3.63, 3.8) is 0 Å². The number of benzene rings is 3. The molecule has 0 aliphatic rings. The van der Waals surface area contributed by atoms with Crippen LogP contribution in [0.15, 0.2) is 65.6 Å². The number of nitrogens with one attached hydrogen (secondary N) is 1. The molecule has 3 aromatic carbocycles. The van der Waals surface area contributed by atoms with Crippen molar-refractivity contribution < 1.29 is 32.2 Å². The van der Waals surface area contributed by atoms with Crippen LogP contribution < -0.4 is 23.8 Å². The van der Waals surface area contributed by atoms with Crippen LogP contribution in [0, 0.1) is 6.92 Å². The molecule has 1 N–H and O–H groups in total. The number of nitrogens with zero attached hydrogens (tertiary/aromatic N) is 2. The van der Waals surface area contributed by atoms with Crippen molar-refractivity contribution in [3.8, 4) is 17.2 Å². The second kappa shape index (κ2) is 15.0. The van der Waals surface area contributed by atoms with Gasteiger partial charge in [0.1, 0.15) is 18.3 Å². The standard InChI is InChI=1S/C31H38ClN3O7S/c1-7-16-33-31(37)22(3)34(19-23-10-8-21(2)9-11-23)30(36)20-35(26-17-24(32)12-14-27(26)40-4)43(38,39)25-13-15-28(41-5)29(18-25)42-6/h8-15,17-18,22H,7,16,19-20H2,1-6H3,(H,33,37)/t22-/m0/s1. The molecule has 0 aromatic heterocycles. The van der Waals surface area contributed by atoms with Crippen molar-refractivity contribution >= 4 is 39.1 Å². The molecule has 3 aromatic rings. The fraction of sp³-hybridized carbons (Fsp3) is 0.355. The number of halogens is 1. The Balaban J connectivity index is 2.13. The highest BCUT2D eigenvalue weighted by molar-refractivity contribution is 7.92. The van der Waals surface area contributed by atoms with Crippen molar-refractivity contribution in [3.05, 3.63) is 76.8 Å². The molecule has 0 heterocycles. The van der Waals surface area contributed by atoms with Gasteiger partial charge in [0.05, 0.1) is 31.9 Å². The van der Waals surface area contributed by atoms with Crippen LogP contribution in [-0.4, -0.2) is 65.6 Å². The minimum atomic E-state index is -4.42. The number of aryl methyl sites for hydroxylation is 1. The Hall–Kier alpha value is -3.96. The quantitative estimate of drug-likeness (QED) is 0.271. The van der Waals surface area contributed by atoms with E-state index in [9.17, 15) is 18.0 Å². The van der Waals surface area contributed by atoms with Gasteiger partial charge < -0.3 is 24.4 Å². The van der Waals surface area contributed by atoms with Gasteiger partial charge in [-0.25, -0.2) is 8.42 Å². The van der Waals surface area contributed by atoms with Crippen LogP contribution in [0.5, 0.6) is 17.2 Å². The fourth-order valence-electron chi connectivity index (χ4n) is 4.34. The lowest BCUT2D eigenvalue weighted by Crippen LogP contribution is -2.51. The van der Waals surface area contributed by atoms with E-state index in [4.69, 9.17) is 25.8 Å². The van der Waals surface area contributed by atoms with Gasteiger partial charge in [-0.3, -0.25) is 13.9 Å². The van der Waals surface area contributed by atoms with Gasteiger partial charge >= 0.3 is 0 Å². The van der Waals surface area contributed by atoms with Gasteiger partial charge in [-0.15, -0.1) is 0 Å². The summed E-state index contributed by atoms with van der Waals surface area (Å²) in [5, 5.41) is 3.06. The zero-order valence-corrected chi connectivity index (χ0v) is 26.8. The van der Waals surface area contributed by atoms with Gasteiger partial charge in [0.15, 0.2) is 11.5 Å². The predicted molar refractivity (Wildman–Crippen MR) is 167 cm³/mol. The molecule has 10 nitrogen and oxygen atoms in total. The van der Waals surface area contributed by atoms with Crippen molar-refractivity contribution in [2.24, 2.45) is 0 Å². The maximum absolute atomic E-state index is 14.3.